The molecule has 4 N–H and O–H groups in total. The Morgan fingerprint density at radius 3 is 2.65 bits per heavy atom. The van der Waals surface area contributed by atoms with Crippen molar-refractivity contribution in [3.8, 4) is 0 Å². The van der Waals surface area contributed by atoms with Crippen molar-refractivity contribution >= 4 is 17.1 Å². The third-order valence-corrected chi connectivity index (χ3v) is 5.02. The number of anilines is 1. The molecule has 26 heavy (non-hydrogen) atoms. The normalized spacial score (nSPS) is 30.4. The van der Waals surface area contributed by atoms with Gasteiger partial charge >= 0.3 is 0 Å². The molecule has 0 spiro atoms. The van der Waals surface area contributed by atoms with Gasteiger partial charge in [0.25, 0.3) is 5.56 Å². The Kier molecular flexibility index (Phi) is 4.40. The van der Waals surface area contributed by atoms with Gasteiger partial charge in [-0.2, -0.15) is 0 Å². The molecule has 4 heterocycles. The maximum Gasteiger partial charge on any atom is 0.278 e. The third kappa shape index (κ3) is 2.68. The molecular formula is C15H22N6O5. The van der Waals surface area contributed by atoms with Crippen LogP contribution in [-0.4, -0.2) is 97.9 Å². The molecule has 0 aliphatic carbocycles. The number of H-pyrrole nitrogens is 1. The minimum atomic E-state index is -1.28. The number of ether oxygens (including phenoxy) is 1. The lowest BCUT2D eigenvalue weighted by molar-refractivity contribution is -0.0505. The average Bonchev–Trinajstić information content (AvgIpc) is 3.15. The molecule has 2 aliphatic rings. The fourth-order valence-corrected chi connectivity index (χ4v) is 3.47. The van der Waals surface area contributed by atoms with Crippen molar-refractivity contribution in [1.82, 2.24) is 24.4 Å². The SMILES string of the molecule is CN1CCN(c2nc3c(=O)[nH]cnc3n2[C@H]2O[C@@H](CO)[C@@H](O)[C@@H]2O)CC1. The van der Waals surface area contributed by atoms with Gasteiger partial charge in [0.1, 0.15) is 18.3 Å². The summed E-state index contributed by atoms with van der Waals surface area (Å²) in [5, 5.41) is 29.9. The van der Waals surface area contributed by atoms with Crippen LogP contribution < -0.4 is 10.5 Å². The van der Waals surface area contributed by atoms with Crippen molar-refractivity contribution in [2.24, 2.45) is 0 Å². The van der Waals surface area contributed by atoms with Gasteiger partial charge < -0.3 is 34.8 Å². The molecule has 2 fully saturated rings. The van der Waals surface area contributed by atoms with E-state index in [4.69, 9.17) is 4.74 Å². The topological polar surface area (TPSA) is 140 Å². The van der Waals surface area contributed by atoms with E-state index < -0.39 is 36.7 Å². The number of nitrogens with one attached hydrogen (secondary N) is 1. The predicted octanol–water partition coefficient (Wildman–Crippen LogP) is -2.52. The molecule has 0 saturated carbocycles. The van der Waals surface area contributed by atoms with Gasteiger partial charge in [0.2, 0.25) is 5.95 Å². The van der Waals surface area contributed by atoms with E-state index in [0.717, 1.165) is 13.1 Å². The molecular weight excluding hydrogens is 344 g/mol. The maximum absolute atomic E-state index is 12.2. The number of aromatic amines is 1. The summed E-state index contributed by atoms with van der Waals surface area (Å²) in [5.74, 6) is 0.451. The van der Waals surface area contributed by atoms with Crippen LogP contribution in [0.2, 0.25) is 0 Å². The highest BCUT2D eigenvalue weighted by atomic mass is 16.6. The number of piperazine rings is 1. The number of hydrogen-bond donors (Lipinski definition) is 4. The first-order valence-electron chi connectivity index (χ1n) is 8.53. The van der Waals surface area contributed by atoms with Crippen LogP contribution >= 0.6 is 0 Å². The molecule has 142 valence electrons. The van der Waals surface area contributed by atoms with Crippen molar-refractivity contribution in [3.63, 3.8) is 0 Å². The summed E-state index contributed by atoms with van der Waals surface area (Å²) in [7, 11) is 2.03. The van der Waals surface area contributed by atoms with E-state index in [1.165, 1.54) is 6.33 Å². The Hall–Kier alpha value is -2.05. The van der Waals surface area contributed by atoms with Crippen LogP contribution in [0.4, 0.5) is 5.95 Å². The minimum Gasteiger partial charge on any atom is -0.394 e. The minimum absolute atomic E-state index is 0.138. The lowest BCUT2D eigenvalue weighted by Crippen LogP contribution is -2.46. The summed E-state index contributed by atoms with van der Waals surface area (Å²) < 4.78 is 7.20. The van der Waals surface area contributed by atoms with E-state index in [1.54, 1.807) is 4.57 Å². The predicted molar refractivity (Wildman–Crippen MR) is 90.9 cm³/mol. The Balaban J connectivity index is 1.83. The van der Waals surface area contributed by atoms with E-state index >= 15 is 0 Å². The number of aliphatic hydroxyl groups excluding tert-OH is 3. The summed E-state index contributed by atoms with van der Waals surface area (Å²) in [6.07, 6.45) is -3.19. The average molecular weight is 366 g/mol. The summed E-state index contributed by atoms with van der Waals surface area (Å²) >= 11 is 0. The van der Waals surface area contributed by atoms with Crippen LogP contribution in [0.25, 0.3) is 11.2 Å². The van der Waals surface area contributed by atoms with Gasteiger partial charge in [-0.25, -0.2) is 9.97 Å². The highest BCUT2D eigenvalue weighted by Gasteiger charge is 2.45. The van der Waals surface area contributed by atoms with Crippen LogP contribution in [0, 0.1) is 0 Å². The monoisotopic (exact) mass is 366 g/mol. The van der Waals surface area contributed by atoms with E-state index in [0.29, 0.717) is 19.0 Å². The molecule has 2 aliphatic heterocycles. The molecule has 0 bridgehead atoms. The number of fused-ring (bicyclic) bond motifs is 1. The van der Waals surface area contributed by atoms with Gasteiger partial charge in [-0.3, -0.25) is 9.36 Å². The Labute approximate surface area is 148 Å². The van der Waals surface area contributed by atoms with Crippen LogP contribution in [0.1, 0.15) is 6.23 Å². The van der Waals surface area contributed by atoms with E-state index in [2.05, 4.69) is 19.9 Å². The van der Waals surface area contributed by atoms with E-state index in [1.807, 2.05) is 11.9 Å². The molecule has 11 nitrogen and oxygen atoms in total. The smallest absolute Gasteiger partial charge is 0.278 e. The summed E-state index contributed by atoms with van der Waals surface area (Å²) in [4.78, 5) is 27.5. The van der Waals surface area contributed by atoms with Crippen molar-refractivity contribution < 1.29 is 20.1 Å². The van der Waals surface area contributed by atoms with Crippen molar-refractivity contribution in [2.75, 3.05) is 44.7 Å². The number of rotatable bonds is 3. The quantitative estimate of drug-likeness (QED) is 0.463. The molecule has 0 amide bonds. The van der Waals surface area contributed by atoms with Crippen LogP contribution in [0.15, 0.2) is 11.1 Å². The van der Waals surface area contributed by atoms with Gasteiger partial charge in [-0.1, -0.05) is 0 Å². The van der Waals surface area contributed by atoms with Gasteiger partial charge in [0.05, 0.1) is 12.9 Å². The van der Waals surface area contributed by atoms with Crippen molar-refractivity contribution in [1.29, 1.82) is 0 Å². The Morgan fingerprint density at radius 2 is 2.00 bits per heavy atom. The van der Waals surface area contributed by atoms with E-state index in [-0.39, 0.29) is 11.2 Å². The first-order chi connectivity index (χ1) is 12.5. The molecule has 2 saturated heterocycles. The van der Waals surface area contributed by atoms with Gasteiger partial charge in [-0.15, -0.1) is 0 Å². The summed E-state index contributed by atoms with van der Waals surface area (Å²) in [6.45, 7) is 2.59. The summed E-state index contributed by atoms with van der Waals surface area (Å²) in [5.41, 5.74) is 0.00700. The Morgan fingerprint density at radius 1 is 1.27 bits per heavy atom. The second-order valence-electron chi connectivity index (χ2n) is 6.70. The highest BCUT2D eigenvalue weighted by molar-refractivity contribution is 5.74. The molecule has 2 aromatic rings. The number of hydrogen-bond acceptors (Lipinski definition) is 9. The van der Waals surface area contributed by atoms with Gasteiger partial charge in [-0.05, 0) is 7.05 Å². The fourth-order valence-electron chi connectivity index (χ4n) is 3.47. The summed E-state index contributed by atoms with van der Waals surface area (Å²) in [6, 6.07) is 0. The van der Waals surface area contributed by atoms with Crippen LogP contribution in [0.3, 0.4) is 0 Å². The maximum atomic E-state index is 12.2. The highest BCUT2D eigenvalue weighted by Crippen LogP contribution is 2.35. The number of imidazole rings is 1. The van der Waals surface area contributed by atoms with Crippen LogP contribution in [0.5, 0.6) is 0 Å². The van der Waals surface area contributed by atoms with Gasteiger partial charge in [0.15, 0.2) is 17.4 Å². The van der Waals surface area contributed by atoms with Crippen LogP contribution in [-0.2, 0) is 4.74 Å². The first kappa shape index (κ1) is 17.4. The second kappa shape index (κ2) is 6.59. The Bertz CT molecular complexity index is 845. The molecule has 4 atom stereocenters. The van der Waals surface area contributed by atoms with Crippen molar-refractivity contribution in [3.05, 3.63) is 16.7 Å². The molecule has 11 heteroatoms. The second-order valence-corrected chi connectivity index (χ2v) is 6.70. The molecule has 0 radical (unpaired) electrons. The van der Waals surface area contributed by atoms with E-state index in [9.17, 15) is 20.1 Å². The fraction of sp³-hybridized carbons (Fsp3) is 0.667. The lowest BCUT2D eigenvalue weighted by Gasteiger charge is -2.34. The molecule has 0 unspecified atom stereocenters. The number of aromatic nitrogens is 4. The lowest BCUT2D eigenvalue weighted by atomic mass is 10.1. The first-order valence-corrected chi connectivity index (χ1v) is 8.53. The number of likely N-dealkylation sites (N-methyl/N-ethyl adjacent to an activating group) is 1. The number of aliphatic hydroxyl groups is 3. The number of nitrogens with zero attached hydrogens (tertiary/aromatic N) is 5. The largest absolute Gasteiger partial charge is 0.394 e. The molecule has 2 aromatic heterocycles. The molecule has 4 rings (SSSR count). The van der Waals surface area contributed by atoms with Gasteiger partial charge in [0, 0.05) is 26.2 Å². The zero-order chi connectivity index (χ0) is 18.4. The molecule has 0 aromatic carbocycles. The third-order valence-electron chi connectivity index (χ3n) is 5.02. The zero-order valence-electron chi connectivity index (χ0n) is 14.3. The van der Waals surface area contributed by atoms with Crippen molar-refractivity contribution in [2.45, 2.75) is 24.5 Å². The standard InChI is InChI=1S/C15H22N6O5/c1-19-2-4-20(5-3-19)15-18-9-12(16-7-17-13(9)25)21(15)14-11(24)10(23)8(6-22)26-14/h7-8,10-11,14,22-24H,2-6H2,1H3,(H,16,17,25)/t8-,10+,11-,14-/m0/s1. The zero-order valence-corrected chi connectivity index (χ0v) is 14.3.